The van der Waals surface area contributed by atoms with Gasteiger partial charge in [-0.25, -0.2) is 0 Å². The zero-order valence-corrected chi connectivity index (χ0v) is 12.8. The zero-order chi connectivity index (χ0) is 14.5. The summed E-state index contributed by atoms with van der Waals surface area (Å²) in [5.41, 5.74) is 3.59. The maximum absolute atomic E-state index is 9.13. The molecule has 0 aromatic heterocycles. The summed E-state index contributed by atoms with van der Waals surface area (Å²) >= 11 is 0. The van der Waals surface area contributed by atoms with Crippen molar-refractivity contribution in [2.24, 2.45) is 0 Å². The minimum absolute atomic E-state index is 0.00348. The number of methoxy groups -OCH3 is 1. The fourth-order valence-electron chi connectivity index (χ4n) is 2.42. The van der Waals surface area contributed by atoms with Crippen molar-refractivity contribution >= 4 is 0 Å². The van der Waals surface area contributed by atoms with Crippen molar-refractivity contribution in [1.29, 1.82) is 0 Å². The number of rotatable bonds is 7. The third-order valence-corrected chi connectivity index (χ3v) is 3.89. The first-order valence-corrected chi connectivity index (χ1v) is 6.95. The highest BCUT2D eigenvalue weighted by Crippen LogP contribution is 2.25. The quantitative estimate of drug-likeness (QED) is 0.796. The number of nitrogens with one attached hydrogen (secondary N) is 1. The molecular formula is C16H27NO2. The van der Waals surface area contributed by atoms with E-state index in [9.17, 15) is 0 Å². The molecule has 1 aromatic rings. The smallest absolute Gasteiger partial charge is 0.124 e. The average molecular weight is 265 g/mol. The summed E-state index contributed by atoms with van der Waals surface area (Å²) in [6.45, 7) is 9.48. The minimum Gasteiger partial charge on any atom is -0.496 e. The van der Waals surface area contributed by atoms with Gasteiger partial charge in [-0.05, 0) is 50.3 Å². The van der Waals surface area contributed by atoms with Crippen LogP contribution in [-0.4, -0.2) is 24.4 Å². The van der Waals surface area contributed by atoms with Crippen LogP contribution in [0.4, 0.5) is 0 Å². The van der Waals surface area contributed by atoms with Crippen molar-refractivity contribution in [3.8, 4) is 5.75 Å². The highest BCUT2D eigenvalue weighted by Gasteiger charge is 2.20. The molecule has 0 radical (unpaired) electrons. The Morgan fingerprint density at radius 2 is 1.84 bits per heavy atom. The van der Waals surface area contributed by atoms with E-state index in [0.717, 1.165) is 25.1 Å². The van der Waals surface area contributed by atoms with Gasteiger partial charge >= 0.3 is 0 Å². The van der Waals surface area contributed by atoms with Crippen molar-refractivity contribution in [1.82, 2.24) is 5.32 Å². The van der Waals surface area contributed by atoms with Gasteiger partial charge in [0.25, 0.3) is 0 Å². The second-order valence-electron chi connectivity index (χ2n) is 5.50. The molecule has 1 aromatic carbocycles. The first-order chi connectivity index (χ1) is 8.95. The summed E-state index contributed by atoms with van der Waals surface area (Å²) in [5, 5.41) is 12.7. The molecule has 0 heterocycles. The van der Waals surface area contributed by atoms with E-state index >= 15 is 0 Å². The maximum atomic E-state index is 9.13. The van der Waals surface area contributed by atoms with Gasteiger partial charge in [-0.2, -0.15) is 0 Å². The van der Waals surface area contributed by atoms with Crippen LogP contribution >= 0.6 is 0 Å². The number of aliphatic hydroxyl groups excluding tert-OH is 1. The predicted octanol–water partition coefficient (Wildman–Crippen LogP) is 2.95. The lowest BCUT2D eigenvalue weighted by Crippen LogP contribution is -2.42. The Morgan fingerprint density at radius 3 is 2.26 bits per heavy atom. The van der Waals surface area contributed by atoms with E-state index in [0.29, 0.717) is 0 Å². The van der Waals surface area contributed by atoms with Crippen LogP contribution < -0.4 is 10.1 Å². The molecule has 0 aliphatic rings. The number of hydrogen-bond acceptors (Lipinski definition) is 3. The van der Waals surface area contributed by atoms with E-state index in [1.807, 2.05) is 0 Å². The van der Waals surface area contributed by atoms with Gasteiger partial charge in [0.05, 0.1) is 7.11 Å². The summed E-state index contributed by atoms with van der Waals surface area (Å²) in [5.74, 6) is 0.970. The molecule has 0 saturated heterocycles. The Hall–Kier alpha value is -1.06. The van der Waals surface area contributed by atoms with E-state index in [-0.39, 0.29) is 12.1 Å². The topological polar surface area (TPSA) is 41.5 Å². The summed E-state index contributed by atoms with van der Waals surface area (Å²) in [6.07, 6.45) is 1.78. The van der Waals surface area contributed by atoms with Crippen molar-refractivity contribution in [2.75, 3.05) is 13.7 Å². The number of hydrogen-bond donors (Lipinski definition) is 2. The van der Waals surface area contributed by atoms with Crippen molar-refractivity contribution in [2.45, 2.75) is 52.6 Å². The Bertz CT molecular complexity index is 394. The van der Waals surface area contributed by atoms with Gasteiger partial charge in [0.15, 0.2) is 0 Å². The molecule has 0 saturated carbocycles. The molecule has 3 heteroatoms. The molecule has 0 bridgehead atoms. The van der Waals surface area contributed by atoms with Gasteiger partial charge in [0, 0.05) is 18.7 Å². The molecule has 1 rings (SSSR count). The van der Waals surface area contributed by atoms with E-state index in [1.165, 1.54) is 16.7 Å². The third-order valence-electron chi connectivity index (χ3n) is 3.89. The fourth-order valence-corrected chi connectivity index (χ4v) is 2.42. The lowest BCUT2D eigenvalue weighted by Gasteiger charge is -2.29. The SMILES string of the molecule is CCC(C)(CCO)NCc1cc(C)c(OC)c(C)c1. The first-order valence-electron chi connectivity index (χ1n) is 6.95. The fraction of sp³-hybridized carbons (Fsp3) is 0.625. The highest BCUT2D eigenvalue weighted by molar-refractivity contribution is 5.43. The van der Waals surface area contributed by atoms with Gasteiger partial charge < -0.3 is 15.2 Å². The van der Waals surface area contributed by atoms with Crippen molar-refractivity contribution in [3.05, 3.63) is 28.8 Å². The van der Waals surface area contributed by atoms with E-state index in [1.54, 1.807) is 7.11 Å². The average Bonchev–Trinajstić information content (AvgIpc) is 2.36. The standard InChI is InChI=1S/C16H27NO2/c1-6-16(4,7-8-18)17-11-14-9-12(2)15(19-5)13(3)10-14/h9-10,17-18H,6-8,11H2,1-5H3. The van der Waals surface area contributed by atoms with Crippen LogP contribution in [0.2, 0.25) is 0 Å². The highest BCUT2D eigenvalue weighted by atomic mass is 16.5. The van der Waals surface area contributed by atoms with Crippen LogP contribution in [0.15, 0.2) is 12.1 Å². The van der Waals surface area contributed by atoms with Crippen LogP contribution in [0.5, 0.6) is 5.75 Å². The monoisotopic (exact) mass is 265 g/mol. The van der Waals surface area contributed by atoms with Crippen molar-refractivity contribution < 1.29 is 9.84 Å². The summed E-state index contributed by atoms with van der Waals surface area (Å²) < 4.78 is 5.38. The lowest BCUT2D eigenvalue weighted by molar-refractivity contribution is 0.214. The summed E-state index contributed by atoms with van der Waals surface area (Å²) in [6, 6.07) is 4.32. The molecule has 0 amide bonds. The molecule has 1 unspecified atom stereocenters. The molecule has 0 aliphatic heterocycles. The molecule has 0 aliphatic carbocycles. The molecule has 1 atom stereocenters. The van der Waals surface area contributed by atoms with Crippen LogP contribution in [-0.2, 0) is 6.54 Å². The largest absolute Gasteiger partial charge is 0.496 e. The lowest BCUT2D eigenvalue weighted by atomic mass is 9.94. The van der Waals surface area contributed by atoms with Gasteiger partial charge in [-0.3, -0.25) is 0 Å². The first kappa shape index (κ1) is 16.0. The number of aryl methyl sites for hydroxylation is 2. The normalized spacial score (nSPS) is 14.2. The second-order valence-corrected chi connectivity index (χ2v) is 5.50. The molecule has 0 spiro atoms. The Morgan fingerprint density at radius 1 is 1.26 bits per heavy atom. The predicted molar refractivity (Wildman–Crippen MR) is 79.7 cm³/mol. The van der Waals surface area contributed by atoms with Gasteiger partial charge in [0.2, 0.25) is 0 Å². The van der Waals surface area contributed by atoms with E-state index in [2.05, 4.69) is 45.1 Å². The summed E-state index contributed by atoms with van der Waals surface area (Å²) in [4.78, 5) is 0. The third kappa shape index (κ3) is 4.22. The molecule has 0 fully saturated rings. The Labute approximate surface area is 117 Å². The minimum atomic E-state index is -0.00348. The Kier molecular flexibility index (Phi) is 5.83. The maximum Gasteiger partial charge on any atom is 0.124 e. The zero-order valence-electron chi connectivity index (χ0n) is 12.8. The second kappa shape index (κ2) is 6.92. The molecule has 108 valence electrons. The van der Waals surface area contributed by atoms with Gasteiger partial charge in [-0.15, -0.1) is 0 Å². The van der Waals surface area contributed by atoms with Gasteiger partial charge in [0.1, 0.15) is 5.75 Å². The number of aliphatic hydroxyl groups is 1. The Balaban J connectivity index is 2.78. The van der Waals surface area contributed by atoms with Crippen LogP contribution in [0.25, 0.3) is 0 Å². The molecule has 19 heavy (non-hydrogen) atoms. The van der Waals surface area contributed by atoms with Crippen LogP contribution in [0.1, 0.15) is 43.4 Å². The van der Waals surface area contributed by atoms with E-state index in [4.69, 9.17) is 9.84 Å². The molecule has 3 nitrogen and oxygen atoms in total. The number of benzene rings is 1. The van der Waals surface area contributed by atoms with Crippen LogP contribution in [0.3, 0.4) is 0 Å². The van der Waals surface area contributed by atoms with E-state index < -0.39 is 0 Å². The number of ether oxygens (including phenoxy) is 1. The summed E-state index contributed by atoms with van der Waals surface area (Å²) in [7, 11) is 1.71. The molecular weight excluding hydrogens is 238 g/mol. The van der Waals surface area contributed by atoms with Crippen LogP contribution in [0, 0.1) is 13.8 Å². The van der Waals surface area contributed by atoms with Gasteiger partial charge in [-0.1, -0.05) is 19.1 Å². The van der Waals surface area contributed by atoms with Crippen molar-refractivity contribution in [3.63, 3.8) is 0 Å². The molecule has 2 N–H and O–H groups in total.